The molecule has 0 radical (unpaired) electrons. The molecule has 104 valence electrons. The molecule has 0 saturated carbocycles. The highest BCUT2D eigenvalue weighted by Gasteiger charge is 2.14. The van der Waals surface area contributed by atoms with Gasteiger partial charge in [-0.1, -0.05) is 0 Å². The third-order valence-corrected chi connectivity index (χ3v) is 2.36. The molecule has 19 heavy (non-hydrogen) atoms. The first-order valence-corrected chi connectivity index (χ1v) is 6.11. The van der Waals surface area contributed by atoms with Crippen molar-refractivity contribution in [2.24, 2.45) is 0 Å². The summed E-state index contributed by atoms with van der Waals surface area (Å²) >= 11 is 0. The fourth-order valence-corrected chi connectivity index (χ4v) is 1.54. The predicted molar refractivity (Wildman–Crippen MR) is 69.7 cm³/mol. The standard InChI is InChI=1S/C14H18O5/c1-4-18-11-6-10(7-12(8-11)19-5-2)13(15)9-14(16)17-3/h6-8H,4-5,9H2,1-3H3. The Morgan fingerprint density at radius 2 is 1.53 bits per heavy atom. The molecule has 1 rings (SSSR count). The number of methoxy groups -OCH3 is 1. The van der Waals surface area contributed by atoms with Gasteiger partial charge in [-0.05, 0) is 26.0 Å². The molecular formula is C14H18O5. The Balaban J connectivity index is 2.97. The van der Waals surface area contributed by atoms with Crippen LogP contribution in [0.4, 0.5) is 0 Å². The van der Waals surface area contributed by atoms with Gasteiger partial charge in [-0.25, -0.2) is 0 Å². The summed E-state index contributed by atoms with van der Waals surface area (Å²) in [5.74, 6) is 0.197. The zero-order chi connectivity index (χ0) is 14.3. The molecule has 0 N–H and O–H groups in total. The molecule has 0 saturated heterocycles. The molecule has 0 bridgehead atoms. The van der Waals surface area contributed by atoms with E-state index in [1.807, 2.05) is 13.8 Å². The molecule has 0 heterocycles. The average molecular weight is 266 g/mol. The number of carbonyl (C=O) groups excluding carboxylic acids is 2. The number of hydrogen-bond donors (Lipinski definition) is 0. The minimum atomic E-state index is -0.565. The molecule has 0 atom stereocenters. The number of ketones is 1. The molecule has 1 aromatic carbocycles. The van der Waals surface area contributed by atoms with Crippen molar-refractivity contribution in [3.63, 3.8) is 0 Å². The number of hydrogen-bond acceptors (Lipinski definition) is 5. The fourth-order valence-electron chi connectivity index (χ4n) is 1.54. The summed E-state index contributed by atoms with van der Waals surface area (Å²) in [4.78, 5) is 23.0. The van der Waals surface area contributed by atoms with Gasteiger partial charge >= 0.3 is 5.97 Å². The first kappa shape index (κ1) is 15.0. The summed E-state index contributed by atoms with van der Waals surface area (Å²) in [6.07, 6.45) is -0.294. The van der Waals surface area contributed by atoms with Crippen molar-refractivity contribution in [3.8, 4) is 11.5 Å². The number of Topliss-reactive ketones (excluding diaryl/α,β-unsaturated/α-hetero) is 1. The van der Waals surface area contributed by atoms with Crippen molar-refractivity contribution in [3.05, 3.63) is 23.8 Å². The second kappa shape index (κ2) is 7.41. The second-order valence-electron chi connectivity index (χ2n) is 3.74. The van der Waals surface area contributed by atoms with Crippen LogP contribution in [-0.2, 0) is 9.53 Å². The lowest BCUT2D eigenvalue weighted by atomic mass is 10.1. The maximum Gasteiger partial charge on any atom is 0.313 e. The van der Waals surface area contributed by atoms with Crippen molar-refractivity contribution >= 4 is 11.8 Å². The normalized spacial score (nSPS) is 9.84. The van der Waals surface area contributed by atoms with Crippen molar-refractivity contribution in [2.75, 3.05) is 20.3 Å². The van der Waals surface area contributed by atoms with E-state index < -0.39 is 5.97 Å². The van der Waals surface area contributed by atoms with E-state index >= 15 is 0 Å². The van der Waals surface area contributed by atoms with Gasteiger partial charge in [0, 0.05) is 11.6 Å². The molecule has 0 amide bonds. The molecule has 0 aliphatic carbocycles. The Morgan fingerprint density at radius 1 is 1.00 bits per heavy atom. The Morgan fingerprint density at radius 3 is 1.95 bits per heavy atom. The molecule has 0 aliphatic rings. The average Bonchev–Trinajstić information content (AvgIpc) is 2.39. The van der Waals surface area contributed by atoms with Gasteiger partial charge in [-0.2, -0.15) is 0 Å². The molecule has 0 aromatic heterocycles. The van der Waals surface area contributed by atoms with E-state index in [1.54, 1.807) is 18.2 Å². The van der Waals surface area contributed by atoms with Gasteiger partial charge in [0.2, 0.25) is 0 Å². The van der Waals surface area contributed by atoms with Gasteiger partial charge in [0.25, 0.3) is 0 Å². The lowest BCUT2D eigenvalue weighted by Gasteiger charge is -2.10. The number of ether oxygens (including phenoxy) is 3. The zero-order valence-corrected chi connectivity index (χ0v) is 11.4. The van der Waals surface area contributed by atoms with E-state index in [1.165, 1.54) is 7.11 Å². The summed E-state index contributed by atoms with van der Waals surface area (Å²) < 4.78 is 15.2. The van der Waals surface area contributed by atoms with E-state index in [0.717, 1.165) is 0 Å². The zero-order valence-electron chi connectivity index (χ0n) is 11.4. The van der Waals surface area contributed by atoms with Crippen LogP contribution in [0, 0.1) is 0 Å². The number of carbonyl (C=O) groups is 2. The lowest BCUT2D eigenvalue weighted by Crippen LogP contribution is -2.10. The largest absolute Gasteiger partial charge is 0.494 e. The quantitative estimate of drug-likeness (QED) is 0.430. The Bertz CT molecular complexity index is 429. The number of esters is 1. The summed E-state index contributed by atoms with van der Waals surface area (Å²) in [5.41, 5.74) is 0.375. The van der Waals surface area contributed by atoms with Gasteiger partial charge in [-0.15, -0.1) is 0 Å². The summed E-state index contributed by atoms with van der Waals surface area (Å²) in [6, 6.07) is 4.90. The van der Waals surface area contributed by atoms with Crippen LogP contribution >= 0.6 is 0 Å². The first-order chi connectivity index (χ1) is 9.10. The van der Waals surface area contributed by atoms with Crippen molar-refractivity contribution in [1.82, 2.24) is 0 Å². The van der Waals surface area contributed by atoms with Crippen molar-refractivity contribution in [2.45, 2.75) is 20.3 Å². The Labute approximate surface area is 112 Å². The van der Waals surface area contributed by atoms with E-state index in [4.69, 9.17) is 9.47 Å². The molecule has 0 aliphatic heterocycles. The molecule has 5 heteroatoms. The molecule has 0 spiro atoms. The highest BCUT2D eigenvalue weighted by molar-refractivity contribution is 6.06. The Hall–Kier alpha value is -2.04. The first-order valence-electron chi connectivity index (χ1n) is 6.11. The minimum absolute atomic E-state index is 0.294. The highest BCUT2D eigenvalue weighted by atomic mass is 16.5. The Kier molecular flexibility index (Phi) is 5.85. The van der Waals surface area contributed by atoms with Gasteiger partial charge < -0.3 is 14.2 Å². The third kappa shape index (κ3) is 4.62. The van der Waals surface area contributed by atoms with Crippen molar-refractivity contribution < 1.29 is 23.8 Å². The fraction of sp³-hybridized carbons (Fsp3) is 0.429. The molecule has 5 nitrogen and oxygen atoms in total. The molecular weight excluding hydrogens is 248 g/mol. The van der Waals surface area contributed by atoms with E-state index in [9.17, 15) is 9.59 Å². The smallest absolute Gasteiger partial charge is 0.313 e. The van der Waals surface area contributed by atoms with Crippen LogP contribution in [0.25, 0.3) is 0 Å². The number of rotatable bonds is 7. The van der Waals surface area contributed by atoms with Crippen LogP contribution in [0.5, 0.6) is 11.5 Å². The monoisotopic (exact) mass is 266 g/mol. The summed E-state index contributed by atoms with van der Waals surface area (Å²) in [5, 5.41) is 0. The van der Waals surface area contributed by atoms with E-state index in [2.05, 4.69) is 4.74 Å². The van der Waals surface area contributed by atoms with E-state index in [0.29, 0.717) is 30.3 Å². The van der Waals surface area contributed by atoms with Gasteiger partial charge in [0.1, 0.15) is 17.9 Å². The second-order valence-corrected chi connectivity index (χ2v) is 3.74. The van der Waals surface area contributed by atoms with Crippen LogP contribution in [0.3, 0.4) is 0 Å². The van der Waals surface area contributed by atoms with Crippen LogP contribution in [0.2, 0.25) is 0 Å². The minimum Gasteiger partial charge on any atom is -0.494 e. The molecule has 1 aromatic rings. The summed E-state index contributed by atoms with van der Waals surface area (Å²) in [6.45, 7) is 4.67. The summed E-state index contributed by atoms with van der Waals surface area (Å²) in [7, 11) is 1.25. The maximum atomic E-state index is 11.9. The highest BCUT2D eigenvalue weighted by Crippen LogP contribution is 2.24. The van der Waals surface area contributed by atoms with Crippen LogP contribution in [-0.4, -0.2) is 32.1 Å². The number of benzene rings is 1. The SMILES string of the molecule is CCOc1cc(OCC)cc(C(=O)CC(=O)OC)c1. The van der Waals surface area contributed by atoms with Crippen LogP contribution < -0.4 is 9.47 Å². The van der Waals surface area contributed by atoms with Crippen LogP contribution in [0.15, 0.2) is 18.2 Å². The van der Waals surface area contributed by atoms with Gasteiger partial charge in [-0.3, -0.25) is 9.59 Å². The van der Waals surface area contributed by atoms with Gasteiger partial charge in [0.15, 0.2) is 5.78 Å². The van der Waals surface area contributed by atoms with Gasteiger partial charge in [0.05, 0.1) is 20.3 Å². The molecule has 0 unspecified atom stereocenters. The van der Waals surface area contributed by atoms with Crippen LogP contribution in [0.1, 0.15) is 30.6 Å². The third-order valence-electron chi connectivity index (χ3n) is 2.36. The lowest BCUT2D eigenvalue weighted by molar-refractivity contribution is -0.139. The topological polar surface area (TPSA) is 61.8 Å². The van der Waals surface area contributed by atoms with Crippen molar-refractivity contribution in [1.29, 1.82) is 0 Å². The predicted octanol–water partition coefficient (Wildman–Crippen LogP) is 2.23. The maximum absolute atomic E-state index is 11.9. The molecule has 0 fully saturated rings. The van der Waals surface area contributed by atoms with E-state index in [-0.39, 0.29) is 12.2 Å².